The molecule has 0 spiro atoms. The minimum atomic E-state index is -1.56. The summed E-state index contributed by atoms with van der Waals surface area (Å²) in [7, 11) is 0. The van der Waals surface area contributed by atoms with E-state index in [2.05, 4.69) is 0 Å². The molecule has 0 aromatic heterocycles. The van der Waals surface area contributed by atoms with Gasteiger partial charge >= 0.3 is 0 Å². The van der Waals surface area contributed by atoms with E-state index in [-0.39, 0.29) is 31.1 Å². The van der Waals surface area contributed by atoms with E-state index in [1.807, 2.05) is 6.92 Å². The summed E-state index contributed by atoms with van der Waals surface area (Å²) in [5, 5.41) is 0. The highest BCUT2D eigenvalue weighted by Gasteiger charge is 2.38. The van der Waals surface area contributed by atoms with Crippen LogP contribution in [0, 0.1) is 11.6 Å². The maximum absolute atomic E-state index is 14.2. The summed E-state index contributed by atoms with van der Waals surface area (Å²) in [6.07, 6.45) is -0.143. The molecule has 1 aromatic carbocycles. The molecule has 1 aliphatic heterocycles. The standard InChI is InChI=1S/C15H19F3O3/c1-3-7-15(18)8-20-14(21-9-15)10-5-6-11(19-4-2)13(17)12(10)16/h5-6,14H,3-4,7-9H2,1-2H3. The van der Waals surface area contributed by atoms with E-state index in [0.29, 0.717) is 12.8 Å². The van der Waals surface area contributed by atoms with E-state index in [1.165, 1.54) is 12.1 Å². The van der Waals surface area contributed by atoms with Gasteiger partial charge in [0.2, 0.25) is 5.82 Å². The van der Waals surface area contributed by atoms with Crippen molar-refractivity contribution in [1.29, 1.82) is 0 Å². The summed E-state index contributed by atoms with van der Waals surface area (Å²) in [4.78, 5) is 0. The molecule has 0 amide bonds. The molecule has 1 heterocycles. The van der Waals surface area contributed by atoms with Crippen LogP contribution in [0.25, 0.3) is 0 Å². The molecule has 0 unspecified atom stereocenters. The Morgan fingerprint density at radius 1 is 1.19 bits per heavy atom. The number of hydrogen-bond acceptors (Lipinski definition) is 3. The van der Waals surface area contributed by atoms with Crippen molar-refractivity contribution in [1.82, 2.24) is 0 Å². The van der Waals surface area contributed by atoms with Gasteiger partial charge < -0.3 is 14.2 Å². The van der Waals surface area contributed by atoms with E-state index >= 15 is 0 Å². The minimum Gasteiger partial charge on any atom is -0.491 e. The summed E-state index contributed by atoms with van der Waals surface area (Å²) in [6, 6.07) is 2.65. The van der Waals surface area contributed by atoms with Gasteiger partial charge in [0, 0.05) is 5.56 Å². The van der Waals surface area contributed by atoms with Gasteiger partial charge in [0.1, 0.15) is 0 Å². The molecule has 0 atom stereocenters. The van der Waals surface area contributed by atoms with Crippen LogP contribution in [0.15, 0.2) is 12.1 Å². The van der Waals surface area contributed by atoms with E-state index in [9.17, 15) is 13.2 Å². The first-order valence-corrected chi connectivity index (χ1v) is 7.03. The molecule has 21 heavy (non-hydrogen) atoms. The topological polar surface area (TPSA) is 27.7 Å². The second-order valence-electron chi connectivity index (χ2n) is 5.07. The van der Waals surface area contributed by atoms with Crippen LogP contribution in [-0.4, -0.2) is 25.5 Å². The summed E-state index contributed by atoms with van der Waals surface area (Å²) in [5.41, 5.74) is -1.65. The molecular weight excluding hydrogens is 285 g/mol. The number of benzene rings is 1. The molecule has 0 aliphatic carbocycles. The molecule has 0 saturated carbocycles. The lowest BCUT2D eigenvalue weighted by molar-refractivity contribution is -0.240. The number of rotatable bonds is 5. The number of alkyl halides is 1. The fraction of sp³-hybridized carbons (Fsp3) is 0.600. The van der Waals surface area contributed by atoms with Crippen molar-refractivity contribution in [2.75, 3.05) is 19.8 Å². The zero-order valence-corrected chi connectivity index (χ0v) is 12.1. The van der Waals surface area contributed by atoms with Crippen LogP contribution in [0.1, 0.15) is 38.5 Å². The first-order valence-electron chi connectivity index (χ1n) is 7.03. The quantitative estimate of drug-likeness (QED) is 0.825. The third kappa shape index (κ3) is 3.49. The van der Waals surface area contributed by atoms with Crippen molar-refractivity contribution < 1.29 is 27.4 Å². The molecular formula is C15H19F3O3. The molecule has 1 aromatic rings. The molecule has 0 N–H and O–H groups in total. The lowest BCUT2D eigenvalue weighted by atomic mass is 10.0. The molecule has 0 bridgehead atoms. The number of hydrogen-bond donors (Lipinski definition) is 0. The van der Waals surface area contributed by atoms with Crippen molar-refractivity contribution in [2.24, 2.45) is 0 Å². The Labute approximate surface area is 122 Å². The second-order valence-corrected chi connectivity index (χ2v) is 5.07. The molecule has 1 saturated heterocycles. The normalized spacial score (nSPS) is 25.9. The monoisotopic (exact) mass is 304 g/mol. The van der Waals surface area contributed by atoms with Crippen LogP contribution in [0.2, 0.25) is 0 Å². The molecule has 118 valence electrons. The molecule has 1 aliphatic rings. The highest BCUT2D eigenvalue weighted by atomic mass is 19.2. The lowest BCUT2D eigenvalue weighted by Crippen LogP contribution is -2.41. The molecule has 1 fully saturated rings. The minimum absolute atomic E-state index is 0.0884. The van der Waals surface area contributed by atoms with Gasteiger partial charge in [-0.1, -0.05) is 13.3 Å². The van der Waals surface area contributed by atoms with Gasteiger partial charge in [-0.2, -0.15) is 4.39 Å². The van der Waals surface area contributed by atoms with E-state index in [0.717, 1.165) is 0 Å². The van der Waals surface area contributed by atoms with Gasteiger partial charge in [0.15, 0.2) is 23.5 Å². The predicted octanol–water partition coefficient (Wildman–Crippen LogP) is 3.92. The number of ether oxygens (including phenoxy) is 3. The average Bonchev–Trinajstić information content (AvgIpc) is 2.46. The Hall–Kier alpha value is -1.27. The Morgan fingerprint density at radius 3 is 2.43 bits per heavy atom. The first kappa shape index (κ1) is 16.1. The van der Waals surface area contributed by atoms with Crippen LogP contribution in [0.5, 0.6) is 5.75 Å². The van der Waals surface area contributed by atoms with E-state index in [1.54, 1.807) is 6.92 Å². The Balaban J connectivity index is 2.12. The zero-order valence-electron chi connectivity index (χ0n) is 12.1. The van der Waals surface area contributed by atoms with Gasteiger partial charge in [-0.3, -0.25) is 0 Å². The van der Waals surface area contributed by atoms with Crippen molar-refractivity contribution in [3.8, 4) is 5.75 Å². The Kier molecular flexibility index (Phi) is 5.11. The molecule has 6 heteroatoms. The van der Waals surface area contributed by atoms with Crippen molar-refractivity contribution in [2.45, 2.75) is 38.6 Å². The lowest BCUT2D eigenvalue weighted by Gasteiger charge is -2.34. The maximum Gasteiger partial charge on any atom is 0.201 e. The van der Waals surface area contributed by atoms with Gasteiger partial charge in [0.25, 0.3) is 0 Å². The highest BCUT2D eigenvalue weighted by molar-refractivity contribution is 5.32. The van der Waals surface area contributed by atoms with E-state index < -0.39 is 23.6 Å². The van der Waals surface area contributed by atoms with Gasteiger partial charge in [-0.05, 0) is 25.5 Å². The fourth-order valence-corrected chi connectivity index (χ4v) is 2.31. The van der Waals surface area contributed by atoms with Crippen LogP contribution < -0.4 is 4.74 Å². The SMILES string of the molecule is CCCC1(F)COC(c2ccc(OCC)c(F)c2F)OC1. The maximum atomic E-state index is 14.2. The zero-order chi connectivity index (χ0) is 15.5. The second kappa shape index (κ2) is 6.66. The summed E-state index contributed by atoms with van der Waals surface area (Å²) < 4.78 is 57.4. The van der Waals surface area contributed by atoms with Crippen molar-refractivity contribution in [3.63, 3.8) is 0 Å². The van der Waals surface area contributed by atoms with E-state index in [4.69, 9.17) is 14.2 Å². The van der Waals surface area contributed by atoms with Crippen molar-refractivity contribution >= 4 is 0 Å². The van der Waals surface area contributed by atoms with Crippen LogP contribution >= 0.6 is 0 Å². The summed E-state index contributed by atoms with van der Waals surface area (Å²) in [6.45, 7) is 3.37. The van der Waals surface area contributed by atoms with Gasteiger partial charge in [0.05, 0.1) is 19.8 Å². The summed E-state index contributed by atoms with van der Waals surface area (Å²) in [5.74, 6) is -2.35. The van der Waals surface area contributed by atoms with Gasteiger partial charge in [-0.25, -0.2) is 8.78 Å². The van der Waals surface area contributed by atoms with Gasteiger partial charge in [-0.15, -0.1) is 0 Å². The molecule has 2 rings (SSSR count). The van der Waals surface area contributed by atoms with Crippen LogP contribution in [0.3, 0.4) is 0 Å². The summed E-state index contributed by atoms with van der Waals surface area (Å²) >= 11 is 0. The predicted molar refractivity (Wildman–Crippen MR) is 70.9 cm³/mol. The first-order chi connectivity index (χ1) is 10.0. The highest BCUT2D eigenvalue weighted by Crippen LogP contribution is 2.34. The third-order valence-electron chi connectivity index (χ3n) is 3.32. The fourth-order valence-electron chi connectivity index (χ4n) is 2.31. The van der Waals surface area contributed by atoms with Crippen LogP contribution in [0.4, 0.5) is 13.2 Å². The Morgan fingerprint density at radius 2 is 1.86 bits per heavy atom. The number of halogens is 3. The molecule has 0 radical (unpaired) electrons. The molecule has 3 nitrogen and oxygen atoms in total. The largest absolute Gasteiger partial charge is 0.491 e. The smallest absolute Gasteiger partial charge is 0.201 e. The Bertz CT molecular complexity index is 485. The van der Waals surface area contributed by atoms with Crippen LogP contribution in [-0.2, 0) is 9.47 Å². The van der Waals surface area contributed by atoms with Crippen molar-refractivity contribution in [3.05, 3.63) is 29.3 Å². The average molecular weight is 304 g/mol. The third-order valence-corrected chi connectivity index (χ3v) is 3.32.